The van der Waals surface area contributed by atoms with Gasteiger partial charge in [-0.15, -0.1) is 0 Å². The van der Waals surface area contributed by atoms with Crippen molar-refractivity contribution in [1.29, 1.82) is 5.26 Å². The zero-order chi connectivity index (χ0) is 37.9. The first-order chi connectivity index (χ1) is 28.2. The summed E-state index contributed by atoms with van der Waals surface area (Å²) in [7, 11) is 0. The lowest BCUT2D eigenvalue weighted by Crippen LogP contribution is -2.01. The summed E-state index contributed by atoms with van der Waals surface area (Å²) in [5.41, 5.74) is 8.55. The van der Waals surface area contributed by atoms with Crippen LogP contribution in [0.3, 0.4) is 0 Å². The highest BCUT2D eigenvalue weighted by Crippen LogP contribution is 2.45. The second kappa shape index (κ2) is 13.1. The SMILES string of the molecule is N#Cc1ccc2c(c1)c1cc(-c3c4ccccc4c(-c4nc(-c5ccccc5)nc(-c5ccccc5)n4)c4ccccc34)ccc1n2-c1ccc2ccccc2n1. The van der Waals surface area contributed by atoms with Crippen LogP contribution in [0.5, 0.6) is 0 Å². The zero-order valence-electron chi connectivity index (χ0n) is 30.5. The third kappa shape index (κ3) is 5.33. The van der Waals surface area contributed by atoms with E-state index in [0.717, 1.165) is 87.9 Å². The van der Waals surface area contributed by atoms with Gasteiger partial charge in [-0.05, 0) is 81.2 Å². The Morgan fingerprint density at radius 2 is 0.912 bits per heavy atom. The van der Waals surface area contributed by atoms with Crippen LogP contribution < -0.4 is 0 Å². The highest BCUT2D eigenvalue weighted by molar-refractivity contribution is 6.22. The molecule has 0 aliphatic carbocycles. The number of pyridine rings is 1. The topological polar surface area (TPSA) is 80.3 Å². The number of nitrogens with zero attached hydrogens (tertiary/aromatic N) is 6. The number of nitriles is 1. The fraction of sp³-hybridized carbons (Fsp3) is 0. The van der Waals surface area contributed by atoms with Crippen molar-refractivity contribution in [3.63, 3.8) is 0 Å². The van der Waals surface area contributed by atoms with Crippen molar-refractivity contribution in [2.24, 2.45) is 0 Å². The summed E-state index contributed by atoms with van der Waals surface area (Å²) in [6, 6.07) is 64.6. The van der Waals surface area contributed by atoms with Crippen LogP contribution in [0.4, 0.5) is 0 Å². The maximum atomic E-state index is 9.98. The second-order valence-corrected chi connectivity index (χ2v) is 14.2. The van der Waals surface area contributed by atoms with E-state index in [1.807, 2.05) is 97.1 Å². The first-order valence-corrected chi connectivity index (χ1v) is 18.9. The molecule has 0 aliphatic heterocycles. The molecule has 0 aliphatic rings. The molecule has 3 aromatic heterocycles. The van der Waals surface area contributed by atoms with Gasteiger partial charge in [0.15, 0.2) is 17.5 Å². The molecule has 11 aromatic rings. The maximum absolute atomic E-state index is 9.98. The van der Waals surface area contributed by atoms with Crippen molar-refractivity contribution in [1.82, 2.24) is 24.5 Å². The molecule has 0 saturated carbocycles. The molecule has 6 heteroatoms. The highest BCUT2D eigenvalue weighted by Gasteiger charge is 2.22. The standard InChI is InChI=1S/C51H30N6/c52-31-32-23-26-44-41(29-32)42-30-36(24-27-45(42)57(44)46-28-25-33-13-7-12-22-43(33)53-46)47-37-18-8-10-20-39(37)48(40-21-11-9-19-38(40)47)51-55-49(34-14-3-1-4-15-34)54-50(56-51)35-16-5-2-6-17-35/h1-30H. The van der Waals surface area contributed by atoms with E-state index in [1.54, 1.807) is 0 Å². The molecule has 0 saturated heterocycles. The Bertz CT molecular complexity index is 3300. The average Bonchev–Trinajstić information content (AvgIpc) is 3.61. The van der Waals surface area contributed by atoms with Gasteiger partial charge < -0.3 is 0 Å². The molecule has 8 aromatic carbocycles. The van der Waals surface area contributed by atoms with E-state index in [0.29, 0.717) is 23.0 Å². The van der Waals surface area contributed by atoms with Crippen LogP contribution in [0.2, 0.25) is 0 Å². The van der Waals surface area contributed by atoms with Crippen LogP contribution in [0.15, 0.2) is 182 Å². The lowest BCUT2D eigenvalue weighted by molar-refractivity contribution is 1.08. The van der Waals surface area contributed by atoms with Gasteiger partial charge in [0.05, 0.1) is 28.2 Å². The third-order valence-electron chi connectivity index (χ3n) is 10.9. The highest BCUT2D eigenvalue weighted by atomic mass is 15.1. The Labute approximate surface area is 327 Å². The Balaban J connectivity index is 1.18. The van der Waals surface area contributed by atoms with E-state index in [4.69, 9.17) is 19.9 Å². The molecule has 0 N–H and O–H groups in total. The fourth-order valence-corrected chi connectivity index (χ4v) is 8.28. The van der Waals surface area contributed by atoms with Crippen LogP contribution in [-0.2, 0) is 0 Å². The minimum atomic E-state index is 0.612. The van der Waals surface area contributed by atoms with Crippen molar-refractivity contribution < 1.29 is 0 Å². The largest absolute Gasteiger partial charge is 0.294 e. The first-order valence-electron chi connectivity index (χ1n) is 18.9. The van der Waals surface area contributed by atoms with Gasteiger partial charge in [0.25, 0.3) is 0 Å². The van der Waals surface area contributed by atoms with Crippen LogP contribution in [0, 0.1) is 11.3 Å². The van der Waals surface area contributed by atoms with Gasteiger partial charge in [0.2, 0.25) is 0 Å². The summed E-state index contributed by atoms with van der Waals surface area (Å²) in [4.78, 5) is 20.4. The number of hydrogen-bond acceptors (Lipinski definition) is 5. The van der Waals surface area contributed by atoms with Gasteiger partial charge in [-0.3, -0.25) is 4.57 Å². The van der Waals surface area contributed by atoms with E-state index < -0.39 is 0 Å². The zero-order valence-corrected chi connectivity index (χ0v) is 30.5. The van der Waals surface area contributed by atoms with Crippen molar-refractivity contribution in [3.8, 4) is 57.2 Å². The average molecular weight is 727 g/mol. The predicted molar refractivity (Wildman–Crippen MR) is 231 cm³/mol. The summed E-state index contributed by atoms with van der Waals surface area (Å²) in [6.07, 6.45) is 0. The van der Waals surface area contributed by atoms with Gasteiger partial charge in [-0.25, -0.2) is 19.9 Å². The molecule has 0 spiro atoms. The normalized spacial score (nSPS) is 11.5. The molecule has 3 heterocycles. The number of aromatic nitrogens is 5. The third-order valence-corrected chi connectivity index (χ3v) is 10.9. The van der Waals surface area contributed by atoms with Crippen LogP contribution >= 0.6 is 0 Å². The summed E-state index contributed by atoms with van der Waals surface area (Å²) in [6.45, 7) is 0. The Morgan fingerprint density at radius 3 is 1.54 bits per heavy atom. The van der Waals surface area contributed by atoms with Crippen LogP contribution in [-0.4, -0.2) is 24.5 Å². The van der Waals surface area contributed by atoms with E-state index in [1.165, 1.54) is 0 Å². The molecular weight excluding hydrogens is 697 g/mol. The quantitative estimate of drug-likeness (QED) is 0.165. The van der Waals surface area contributed by atoms with Crippen molar-refractivity contribution in [2.45, 2.75) is 0 Å². The van der Waals surface area contributed by atoms with Gasteiger partial charge in [0.1, 0.15) is 5.82 Å². The monoisotopic (exact) mass is 726 g/mol. The van der Waals surface area contributed by atoms with Crippen molar-refractivity contribution in [3.05, 3.63) is 188 Å². The minimum absolute atomic E-state index is 0.612. The lowest BCUT2D eigenvalue weighted by atomic mass is 9.87. The summed E-state index contributed by atoms with van der Waals surface area (Å²) < 4.78 is 2.21. The minimum Gasteiger partial charge on any atom is -0.294 e. The molecule has 0 fully saturated rings. The second-order valence-electron chi connectivity index (χ2n) is 14.2. The number of para-hydroxylation sites is 1. The lowest BCUT2D eigenvalue weighted by Gasteiger charge is -2.18. The van der Waals surface area contributed by atoms with E-state index in [2.05, 4.69) is 95.6 Å². The molecule has 6 nitrogen and oxygen atoms in total. The first kappa shape index (κ1) is 32.4. The number of fused-ring (bicyclic) bond motifs is 6. The maximum Gasteiger partial charge on any atom is 0.165 e. The van der Waals surface area contributed by atoms with E-state index in [9.17, 15) is 5.26 Å². The van der Waals surface area contributed by atoms with E-state index >= 15 is 0 Å². The molecule has 0 amide bonds. The smallest absolute Gasteiger partial charge is 0.165 e. The van der Waals surface area contributed by atoms with Gasteiger partial charge in [-0.1, -0.05) is 133 Å². The molecule has 0 unspecified atom stereocenters. The number of benzene rings is 8. The van der Waals surface area contributed by atoms with Gasteiger partial charge in [0, 0.05) is 32.8 Å². The van der Waals surface area contributed by atoms with E-state index in [-0.39, 0.29) is 0 Å². The summed E-state index contributed by atoms with van der Waals surface area (Å²) >= 11 is 0. The molecule has 0 radical (unpaired) electrons. The molecule has 0 bridgehead atoms. The van der Waals surface area contributed by atoms with Gasteiger partial charge >= 0.3 is 0 Å². The number of rotatable bonds is 5. The fourth-order valence-electron chi connectivity index (χ4n) is 8.28. The Kier molecular flexibility index (Phi) is 7.44. The van der Waals surface area contributed by atoms with Crippen LogP contribution in [0.25, 0.3) is 105 Å². The summed E-state index contributed by atoms with van der Waals surface area (Å²) in [5.74, 6) is 2.69. The molecule has 57 heavy (non-hydrogen) atoms. The van der Waals surface area contributed by atoms with Crippen LogP contribution in [0.1, 0.15) is 5.56 Å². The molecule has 0 atom stereocenters. The molecular formula is C51H30N6. The van der Waals surface area contributed by atoms with Gasteiger partial charge in [-0.2, -0.15) is 5.26 Å². The van der Waals surface area contributed by atoms with Crippen molar-refractivity contribution in [2.75, 3.05) is 0 Å². The number of hydrogen-bond donors (Lipinski definition) is 0. The molecule has 11 rings (SSSR count). The molecule has 264 valence electrons. The Morgan fingerprint density at radius 1 is 0.386 bits per heavy atom. The van der Waals surface area contributed by atoms with Crippen molar-refractivity contribution >= 4 is 54.3 Å². The predicted octanol–water partition coefficient (Wildman–Crippen LogP) is 12.4. The Hall–Kier alpha value is -8.01. The summed E-state index contributed by atoms with van der Waals surface area (Å²) in [5, 5.41) is 17.4.